The number of carbonyl (C=O) groups excluding carboxylic acids is 2. The first-order chi connectivity index (χ1) is 13.3. The van der Waals surface area contributed by atoms with Crippen LogP contribution in [0.3, 0.4) is 0 Å². The number of likely N-dealkylation sites (N-methyl/N-ethyl adjacent to an activating group) is 1. The van der Waals surface area contributed by atoms with Crippen LogP contribution in [-0.2, 0) is 16.1 Å². The summed E-state index contributed by atoms with van der Waals surface area (Å²) in [5, 5.41) is 3.87. The number of hydrogen-bond donors (Lipinski definition) is 1. The quantitative estimate of drug-likeness (QED) is 0.691. The van der Waals surface area contributed by atoms with Gasteiger partial charge in [0.1, 0.15) is 11.8 Å². The number of aryl methyl sites for hydroxylation is 1. The van der Waals surface area contributed by atoms with Gasteiger partial charge in [-0.25, -0.2) is 0 Å². The Hall–Kier alpha value is -2.24. The molecule has 2 amide bonds. The number of benzene rings is 2. The van der Waals surface area contributed by atoms with Crippen LogP contribution in [-0.4, -0.2) is 36.4 Å². The number of halogens is 2. The van der Waals surface area contributed by atoms with E-state index in [-0.39, 0.29) is 25.0 Å². The minimum Gasteiger partial charge on any atom is -0.484 e. The van der Waals surface area contributed by atoms with Gasteiger partial charge in [0, 0.05) is 23.6 Å². The molecule has 0 aliphatic rings. The standard InChI is InChI=1S/C21H24Cl2N2O3/c1-4-19(21(27)24-3)25(12-15-5-7-16(22)8-6-15)20(26)13-28-17-9-10-18(23)14(2)11-17/h5-11,19H,4,12-13H2,1-3H3,(H,24,27)/t19-/m1/s1. The van der Waals surface area contributed by atoms with Gasteiger partial charge in [-0.05, 0) is 54.8 Å². The summed E-state index contributed by atoms with van der Waals surface area (Å²) in [6, 6.07) is 11.8. The monoisotopic (exact) mass is 422 g/mol. The summed E-state index contributed by atoms with van der Waals surface area (Å²) in [4.78, 5) is 26.8. The Morgan fingerprint density at radius 3 is 2.39 bits per heavy atom. The molecule has 0 aliphatic heterocycles. The van der Waals surface area contributed by atoms with Crippen LogP contribution in [0.15, 0.2) is 42.5 Å². The summed E-state index contributed by atoms with van der Waals surface area (Å²) in [6.07, 6.45) is 0.485. The molecule has 5 nitrogen and oxygen atoms in total. The maximum Gasteiger partial charge on any atom is 0.261 e. The molecule has 0 saturated carbocycles. The van der Waals surface area contributed by atoms with Gasteiger partial charge in [-0.2, -0.15) is 0 Å². The van der Waals surface area contributed by atoms with Crippen LogP contribution in [0.1, 0.15) is 24.5 Å². The van der Waals surface area contributed by atoms with Gasteiger partial charge >= 0.3 is 0 Å². The topological polar surface area (TPSA) is 58.6 Å². The SMILES string of the molecule is CC[C@H](C(=O)NC)N(Cc1ccc(Cl)cc1)C(=O)COc1ccc(Cl)c(C)c1. The Bertz CT molecular complexity index is 825. The van der Waals surface area contributed by atoms with Crippen molar-refractivity contribution < 1.29 is 14.3 Å². The number of amides is 2. The summed E-state index contributed by atoms with van der Waals surface area (Å²) < 4.78 is 5.65. The van der Waals surface area contributed by atoms with Crippen LogP contribution >= 0.6 is 23.2 Å². The molecule has 0 radical (unpaired) electrons. The average molecular weight is 423 g/mol. The minimum atomic E-state index is -0.594. The molecular weight excluding hydrogens is 399 g/mol. The second-order valence-electron chi connectivity index (χ2n) is 6.39. The zero-order valence-corrected chi connectivity index (χ0v) is 17.7. The predicted octanol–water partition coefficient (Wildman–Crippen LogP) is 4.23. The summed E-state index contributed by atoms with van der Waals surface area (Å²) in [7, 11) is 1.56. The Labute approximate surface area is 175 Å². The van der Waals surface area contributed by atoms with Gasteiger partial charge in [-0.15, -0.1) is 0 Å². The van der Waals surface area contributed by atoms with Crippen molar-refractivity contribution in [3.63, 3.8) is 0 Å². The Morgan fingerprint density at radius 1 is 1.14 bits per heavy atom. The minimum absolute atomic E-state index is 0.178. The highest BCUT2D eigenvalue weighted by molar-refractivity contribution is 6.31. The van der Waals surface area contributed by atoms with E-state index in [1.165, 1.54) is 4.90 Å². The lowest BCUT2D eigenvalue weighted by Gasteiger charge is -2.30. The van der Waals surface area contributed by atoms with Crippen LogP contribution in [0.2, 0.25) is 10.0 Å². The van der Waals surface area contributed by atoms with E-state index in [0.29, 0.717) is 22.2 Å². The highest BCUT2D eigenvalue weighted by atomic mass is 35.5. The number of carbonyl (C=O) groups is 2. The lowest BCUT2D eigenvalue weighted by Crippen LogP contribution is -2.49. The fraction of sp³-hybridized carbons (Fsp3) is 0.333. The Kier molecular flexibility index (Phi) is 8.15. The number of nitrogens with one attached hydrogen (secondary N) is 1. The molecule has 0 unspecified atom stereocenters. The maximum absolute atomic E-state index is 12.9. The van der Waals surface area contributed by atoms with E-state index in [2.05, 4.69) is 5.32 Å². The van der Waals surface area contributed by atoms with Crippen molar-refractivity contribution in [3.8, 4) is 5.75 Å². The lowest BCUT2D eigenvalue weighted by molar-refractivity contribution is -0.142. The zero-order valence-electron chi connectivity index (χ0n) is 16.2. The smallest absolute Gasteiger partial charge is 0.261 e. The zero-order chi connectivity index (χ0) is 20.7. The van der Waals surface area contributed by atoms with Crippen molar-refractivity contribution in [3.05, 3.63) is 63.6 Å². The number of nitrogens with zero attached hydrogens (tertiary/aromatic N) is 1. The van der Waals surface area contributed by atoms with Crippen molar-refractivity contribution >= 4 is 35.0 Å². The molecule has 2 aromatic rings. The predicted molar refractivity (Wildman–Crippen MR) is 112 cm³/mol. The van der Waals surface area contributed by atoms with Crippen molar-refractivity contribution in [2.75, 3.05) is 13.7 Å². The fourth-order valence-electron chi connectivity index (χ4n) is 2.81. The van der Waals surface area contributed by atoms with Crippen molar-refractivity contribution in [2.45, 2.75) is 32.9 Å². The number of hydrogen-bond acceptors (Lipinski definition) is 3. The van der Waals surface area contributed by atoms with Crippen LogP contribution in [0.4, 0.5) is 0 Å². The Morgan fingerprint density at radius 2 is 1.82 bits per heavy atom. The lowest BCUT2D eigenvalue weighted by atomic mass is 10.1. The largest absolute Gasteiger partial charge is 0.484 e. The highest BCUT2D eigenvalue weighted by Gasteiger charge is 2.28. The van der Waals surface area contributed by atoms with Crippen LogP contribution in [0.25, 0.3) is 0 Å². The van der Waals surface area contributed by atoms with E-state index >= 15 is 0 Å². The molecule has 0 aliphatic carbocycles. The molecule has 1 atom stereocenters. The molecule has 2 rings (SSSR count). The summed E-state index contributed by atoms with van der Waals surface area (Å²) in [5.74, 6) is 0.0554. The fourth-order valence-corrected chi connectivity index (χ4v) is 3.05. The second-order valence-corrected chi connectivity index (χ2v) is 7.23. The molecule has 0 aromatic heterocycles. The first-order valence-corrected chi connectivity index (χ1v) is 9.75. The summed E-state index contributed by atoms with van der Waals surface area (Å²) in [6.45, 7) is 3.83. The highest BCUT2D eigenvalue weighted by Crippen LogP contribution is 2.21. The van der Waals surface area contributed by atoms with Gasteiger partial charge in [0.05, 0.1) is 0 Å². The third-order valence-corrected chi connectivity index (χ3v) is 5.07. The second kappa shape index (κ2) is 10.3. The molecule has 1 N–H and O–H groups in total. The van der Waals surface area contributed by atoms with Crippen LogP contribution in [0, 0.1) is 6.92 Å². The number of rotatable bonds is 8. The third kappa shape index (κ3) is 5.88. The molecule has 7 heteroatoms. The average Bonchev–Trinajstić information content (AvgIpc) is 2.69. The van der Waals surface area contributed by atoms with E-state index in [1.807, 2.05) is 26.0 Å². The van der Waals surface area contributed by atoms with Crippen molar-refractivity contribution in [1.29, 1.82) is 0 Å². The molecule has 0 spiro atoms. The number of ether oxygens (including phenoxy) is 1. The van der Waals surface area contributed by atoms with Crippen molar-refractivity contribution in [1.82, 2.24) is 10.2 Å². The van der Waals surface area contributed by atoms with Crippen molar-refractivity contribution in [2.24, 2.45) is 0 Å². The normalized spacial score (nSPS) is 11.6. The van der Waals surface area contributed by atoms with Gasteiger partial charge in [0.2, 0.25) is 5.91 Å². The van der Waals surface area contributed by atoms with E-state index in [0.717, 1.165) is 11.1 Å². The van der Waals surface area contributed by atoms with Crippen LogP contribution in [0.5, 0.6) is 5.75 Å². The van der Waals surface area contributed by atoms with Gasteiger partial charge in [0.15, 0.2) is 6.61 Å². The van der Waals surface area contributed by atoms with E-state index < -0.39 is 6.04 Å². The first kappa shape index (κ1) is 22.1. The van der Waals surface area contributed by atoms with E-state index in [9.17, 15) is 9.59 Å². The third-order valence-electron chi connectivity index (χ3n) is 4.39. The van der Waals surface area contributed by atoms with E-state index in [1.54, 1.807) is 37.4 Å². The molecular formula is C21H24Cl2N2O3. The summed E-state index contributed by atoms with van der Waals surface area (Å²) >= 11 is 12.0. The Balaban J connectivity index is 2.18. The van der Waals surface area contributed by atoms with Gasteiger partial charge in [0.25, 0.3) is 5.91 Å². The molecule has 2 aromatic carbocycles. The molecule has 0 saturated heterocycles. The van der Waals surface area contributed by atoms with Crippen LogP contribution < -0.4 is 10.1 Å². The first-order valence-electron chi connectivity index (χ1n) is 9.00. The molecule has 0 heterocycles. The summed E-state index contributed by atoms with van der Waals surface area (Å²) in [5.41, 5.74) is 1.74. The van der Waals surface area contributed by atoms with Gasteiger partial charge in [-0.3, -0.25) is 9.59 Å². The van der Waals surface area contributed by atoms with Gasteiger partial charge < -0.3 is 15.0 Å². The molecule has 0 bridgehead atoms. The molecule has 0 fully saturated rings. The molecule has 28 heavy (non-hydrogen) atoms. The maximum atomic E-state index is 12.9. The van der Waals surface area contributed by atoms with E-state index in [4.69, 9.17) is 27.9 Å². The van der Waals surface area contributed by atoms with Gasteiger partial charge in [-0.1, -0.05) is 42.3 Å². The molecule has 150 valence electrons.